The van der Waals surface area contributed by atoms with E-state index in [0.717, 1.165) is 0 Å². The second-order valence-corrected chi connectivity index (χ2v) is 9.68. The summed E-state index contributed by atoms with van der Waals surface area (Å²) >= 11 is 0. The van der Waals surface area contributed by atoms with Gasteiger partial charge in [0.15, 0.2) is 23.0 Å². The van der Waals surface area contributed by atoms with Crippen LogP contribution in [0.5, 0.6) is 34.5 Å². The van der Waals surface area contributed by atoms with Crippen molar-refractivity contribution in [3.05, 3.63) is 102 Å². The lowest BCUT2D eigenvalue weighted by Crippen LogP contribution is -2.44. The van der Waals surface area contributed by atoms with Crippen LogP contribution >= 0.6 is 0 Å². The zero-order valence-electron chi connectivity index (χ0n) is 24.0. The average Bonchev–Trinajstić information content (AvgIpc) is 3.03. The molecule has 216 valence electrons. The lowest BCUT2D eigenvalue weighted by atomic mass is 9.79. The molecule has 1 aliphatic heterocycles. The standard InChI is InChI=1S/C33H32N2O7/c1-35-31(20-11-16-26(38-2)27(17-20)39-3)30(24-18-28(40-4)29(41-5)19-25(24)33(35)37)32(36)34-21-12-14-23(15-13-21)42-22-9-7-6-8-10-22/h6-19,30-31H,1-5H3,(H,34,36)/t30-,31-/m0/s1. The number of para-hydroxylation sites is 1. The Kier molecular flexibility index (Phi) is 8.19. The summed E-state index contributed by atoms with van der Waals surface area (Å²) in [5.74, 6) is 1.82. The highest BCUT2D eigenvalue weighted by Crippen LogP contribution is 2.47. The summed E-state index contributed by atoms with van der Waals surface area (Å²) in [7, 11) is 7.79. The van der Waals surface area contributed by atoms with Crippen molar-refractivity contribution in [2.45, 2.75) is 12.0 Å². The van der Waals surface area contributed by atoms with Crippen molar-refractivity contribution < 1.29 is 33.3 Å². The molecule has 5 rings (SSSR count). The van der Waals surface area contributed by atoms with Crippen LogP contribution in [0.25, 0.3) is 0 Å². The van der Waals surface area contributed by atoms with Gasteiger partial charge in [0, 0.05) is 18.3 Å². The second-order valence-electron chi connectivity index (χ2n) is 9.68. The van der Waals surface area contributed by atoms with Gasteiger partial charge in [-0.3, -0.25) is 9.59 Å². The maximum Gasteiger partial charge on any atom is 0.254 e. The fourth-order valence-electron chi connectivity index (χ4n) is 5.24. The fraction of sp³-hybridized carbons (Fsp3) is 0.212. The van der Waals surface area contributed by atoms with Crippen LogP contribution < -0.4 is 29.0 Å². The first kappa shape index (κ1) is 28.4. The van der Waals surface area contributed by atoms with E-state index in [1.165, 1.54) is 14.2 Å². The largest absolute Gasteiger partial charge is 0.493 e. The number of hydrogen-bond acceptors (Lipinski definition) is 7. The second kappa shape index (κ2) is 12.1. The minimum absolute atomic E-state index is 0.253. The Labute approximate surface area is 244 Å². The molecule has 0 aromatic heterocycles. The molecule has 0 saturated carbocycles. The molecule has 0 aliphatic carbocycles. The summed E-state index contributed by atoms with van der Waals surface area (Å²) in [4.78, 5) is 29.4. The Morgan fingerprint density at radius 1 is 0.714 bits per heavy atom. The molecule has 9 nitrogen and oxygen atoms in total. The molecule has 0 saturated heterocycles. The van der Waals surface area contributed by atoms with Crippen molar-refractivity contribution in [3.63, 3.8) is 0 Å². The zero-order valence-corrected chi connectivity index (χ0v) is 24.0. The Morgan fingerprint density at radius 3 is 1.95 bits per heavy atom. The number of nitrogens with zero attached hydrogens (tertiary/aromatic N) is 1. The highest BCUT2D eigenvalue weighted by molar-refractivity contribution is 6.05. The number of carbonyl (C=O) groups excluding carboxylic acids is 2. The Bertz CT molecular complexity index is 1590. The quantitative estimate of drug-likeness (QED) is 0.262. The van der Waals surface area contributed by atoms with E-state index in [9.17, 15) is 9.59 Å². The molecule has 0 unspecified atom stereocenters. The number of ether oxygens (including phenoxy) is 5. The molecule has 1 aliphatic rings. The van der Waals surface area contributed by atoms with Crippen molar-refractivity contribution in [1.29, 1.82) is 0 Å². The normalized spacial score (nSPS) is 15.8. The summed E-state index contributed by atoms with van der Waals surface area (Å²) < 4.78 is 27.8. The molecular weight excluding hydrogens is 536 g/mol. The summed E-state index contributed by atoms with van der Waals surface area (Å²) in [5, 5.41) is 3.04. The molecule has 0 radical (unpaired) electrons. The highest BCUT2D eigenvalue weighted by Gasteiger charge is 2.44. The molecule has 0 fully saturated rings. The van der Waals surface area contributed by atoms with Crippen LogP contribution in [0.1, 0.15) is 33.4 Å². The van der Waals surface area contributed by atoms with Gasteiger partial charge in [0.05, 0.1) is 40.4 Å². The monoisotopic (exact) mass is 568 g/mol. The van der Waals surface area contributed by atoms with E-state index in [1.54, 1.807) is 74.7 Å². The topological polar surface area (TPSA) is 95.6 Å². The van der Waals surface area contributed by atoms with Crippen LogP contribution in [-0.2, 0) is 4.79 Å². The zero-order chi connectivity index (χ0) is 29.8. The van der Waals surface area contributed by atoms with E-state index in [4.69, 9.17) is 23.7 Å². The number of anilines is 1. The van der Waals surface area contributed by atoms with Crippen LogP contribution in [0.15, 0.2) is 84.9 Å². The van der Waals surface area contributed by atoms with E-state index in [-0.39, 0.29) is 11.8 Å². The molecule has 2 atom stereocenters. The Balaban J connectivity index is 1.55. The van der Waals surface area contributed by atoms with Gasteiger partial charge in [-0.05, 0) is 71.8 Å². The average molecular weight is 569 g/mol. The number of rotatable bonds is 9. The first-order chi connectivity index (χ1) is 20.4. The van der Waals surface area contributed by atoms with Crippen molar-refractivity contribution >= 4 is 17.5 Å². The number of benzene rings is 4. The highest BCUT2D eigenvalue weighted by atomic mass is 16.5. The molecule has 42 heavy (non-hydrogen) atoms. The molecule has 4 aromatic carbocycles. The van der Waals surface area contributed by atoms with E-state index in [0.29, 0.717) is 56.9 Å². The molecular formula is C33H32N2O7. The third-order valence-electron chi connectivity index (χ3n) is 7.31. The molecule has 4 aromatic rings. The van der Waals surface area contributed by atoms with Gasteiger partial charge in [0.2, 0.25) is 5.91 Å². The van der Waals surface area contributed by atoms with E-state index in [1.807, 2.05) is 36.4 Å². The SMILES string of the molecule is COc1ccc([C@H]2[C@@H](C(=O)Nc3ccc(Oc4ccccc4)cc3)c3cc(OC)c(OC)cc3C(=O)N2C)cc1OC. The lowest BCUT2D eigenvalue weighted by Gasteiger charge is -2.40. The summed E-state index contributed by atoms with van der Waals surface area (Å²) in [5.41, 5.74) is 2.17. The van der Waals surface area contributed by atoms with Gasteiger partial charge in [-0.2, -0.15) is 0 Å². The third-order valence-corrected chi connectivity index (χ3v) is 7.31. The Hall–Kier alpha value is -5.18. The molecule has 1 N–H and O–H groups in total. The number of nitrogens with one attached hydrogen (secondary N) is 1. The number of methoxy groups -OCH3 is 4. The van der Waals surface area contributed by atoms with Gasteiger partial charge in [-0.1, -0.05) is 24.3 Å². The van der Waals surface area contributed by atoms with Gasteiger partial charge in [0.1, 0.15) is 11.5 Å². The fourth-order valence-corrected chi connectivity index (χ4v) is 5.24. The van der Waals surface area contributed by atoms with Crippen LogP contribution in [0.2, 0.25) is 0 Å². The van der Waals surface area contributed by atoms with Gasteiger partial charge >= 0.3 is 0 Å². The van der Waals surface area contributed by atoms with Crippen molar-refractivity contribution in [1.82, 2.24) is 4.90 Å². The van der Waals surface area contributed by atoms with Crippen LogP contribution in [0.3, 0.4) is 0 Å². The molecule has 0 spiro atoms. The molecule has 9 heteroatoms. The summed E-state index contributed by atoms with van der Waals surface area (Å²) in [6.45, 7) is 0. The van der Waals surface area contributed by atoms with Gasteiger partial charge < -0.3 is 33.9 Å². The van der Waals surface area contributed by atoms with Crippen molar-refractivity contribution in [2.75, 3.05) is 40.8 Å². The number of likely N-dealkylation sites (N-methyl/N-ethyl adjacent to an activating group) is 1. The van der Waals surface area contributed by atoms with Gasteiger partial charge in [-0.15, -0.1) is 0 Å². The van der Waals surface area contributed by atoms with E-state index < -0.39 is 12.0 Å². The van der Waals surface area contributed by atoms with Crippen molar-refractivity contribution in [3.8, 4) is 34.5 Å². The number of fused-ring (bicyclic) bond motifs is 1. The minimum Gasteiger partial charge on any atom is -0.493 e. The van der Waals surface area contributed by atoms with E-state index >= 15 is 0 Å². The maximum atomic E-state index is 14.2. The third kappa shape index (κ3) is 5.41. The smallest absolute Gasteiger partial charge is 0.254 e. The molecule has 2 amide bonds. The minimum atomic E-state index is -0.805. The lowest BCUT2D eigenvalue weighted by molar-refractivity contribution is -0.119. The predicted octanol–water partition coefficient (Wildman–Crippen LogP) is 6.06. The van der Waals surface area contributed by atoms with Gasteiger partial charge in [0.25, 0.3) is 5.91 Å². The first-order valence-electron chi connectivity index (χ1n) is 13.3. The van der Waals surface area contributed by atoms with Gasteiger partial charge in [-0.25, -0.2) is 0 Å². The summed E-state index contributed by atoms with van der Waals surface area (Å²) in [6.07, 6.45) is 0. The summed E-state index contributed by atoms with van der Waals surface area (Å²) in [6, 6.07) is 24.6. The first-order valence-corrected chi connectivity index (χ1v) is 13.3. The number of amides is 2. The van der Waals surface area contributed by atoms with Crippen LogP contribution in [0, 0.1) is 0 Å². The molecule has 1 heterocycles. The van der Waals surface area contributed by atoms with Crippen molar-refractivity contribution in [2.24, 2.45) is 0 Å². The van der Waals surface area contributed by atoms with Crippen LogP contribution in [0.4, 0.5) is 5.69 Å². The number of carbonyl (C=O) groups is 2. The predicted molar refractivity (Wildman–Crippen MR) is 158 cm³/mol. The van der Waals surface area contributed by atoms with Crippen LogP contribution in [-0.4, -0.2) is 52.2 Å². The maximum absolute atomic E-state index is 14.2. The number of hydrogen-bond donors (Lipinski definition) is 1. The van der Waals surface area contributed by atoms with E-state index in [2.05, 4.69) is 5.32 Å². The molecule has 0 bridgehead atoms. The Morgan fingerprint density at radius 2 is 1.31 bits per heavy atom.